The normalized spacial score (nSPS) is 28.2. The summed E-state index contributed by atoms with van der Waals surface area (Å²) < 4.78 is 0. The number of unbranched alkanes of at least 4 members (excludes halogenated alkanes) is 3. The molecule has 0 aliphatic heterocycles. The molecule has 1 unspecified atom stereocenters. The van der Waals surface area contributed by atoms with Gasteiger partial charge in [0.2, 0.25) is 0 Å². The van der Waals surface area contributed by atoms with Crippen molar-refractivity contribution in [1.82, 2.24) is 5.32 Å². The van der Waals surface area contributed by atoms with Gasteiger partial charge in [-0.05, 0) is 32.6 Å². The number of hydrogen-bond acceptors (Lipinski definition) is 2. The molecule has 1 fully saturated rings. The van der Waals surface area contributed by atoms with Crippen LogP contribution in [0.4, 0.5) is 0 Å². The summed E-state index contributed by atoms with van der Waals surface area (Å²) in [5.74, 6) is 0. The lowest BCUT2D eigenvalue weighted by Crippen LogP contribution is -2.41. The topological polar surface area (TPSA) is 32.3 Å². The summed E-state index contributed by atoms with van der Waals surface area (Å²) in [7, 11) is 0. The van der Waals surface area contributed by atoms with E-state index in [1.54, 1.807) is 0 Å². The van der Waals surface area contributed by atoms with Crippen LogP contribution in [-0.4, -0.2) is 23.3 Å². The van der Waals surface area contributed by atoms with E-state index < -0.39 is 0 Å². The standard InChI is InChI=1S/C13H27NO/c1-3-4-5-6-8-11(2)14-12-9-7-10-13(12)15/h11-15H,3-10H2,1-2H3/t11?,12-,13-/m1/s1. The van der Waals surface area contributed by atoms with Crippen LogP contribution in [0, 0.1) is 0 Å². The fraction of sp³-hybridized carbons (Fsp3) is 1.00. The van der Waals surface area contributed by atoms with Gasteiger partial charge < -0.3 is 10.4 Å². The molecule has 1 aliphatic rings. The summed E-state index contributed by atoms with van der Waals surface area (Å²) in [6.07, 6.45) is 9.83. The third kappa shape index (κ3) is 4.98. The predicted molar refractivity (Wildman–Crippen MR) is 65.0 cm³/mol. The molecule has 0 saturated heterocycles. The Hall–Kier alpha value is -0.0800. The third-order valence-corrected chi connectivity index (χ3v) is 3.47. The molecule has 0 aromatic rings. The molecule has 0 amide bonds. The summed E-state index contributed by atoms with van der Waals surface area (Å²) in [5.41, 5.74) is 0. The van der Waals surface area contributed by atoms with Crippen LogP contribution in [-0.2, 0) is 0 Å². The van der Waals surface area contributed by atoms with E-state index in [-0.39, 0.29) is 6.10 Å². The molecule has 0 radical (unpaired) electrons. The zero-order valence-corrected chi connectivity index (χ0v) is 10.3. The molecule has 2 heteroatoms. The Bertz CT molecular complexity index is 161. The molecule has 0 bridgehead atoms. The highest BCUT2D eigenvalue weighted by molar-refractivity contribution is 4.84. The van der Waals surface area contributed by atoms with Gasteiger partial charge >= 0.3 is 0 Å². The van der Waals surface area contributed by atoms with E-state index in [4.69, 9.17) is 0 Å². The second-order valence-corrected chi connectivity index (χ2v) is 5.02. The highest BCUT2D eigenvalue weighted by Crippen LogP contribution is 2.19. The maximum Gasteiger partial charge on any atom is 0.0693 e. The molecule has 2 nitrogen and oxygen atoms in total. The molecule has 0 heterocycles. The minimum Gasteiger partial charge on any atom is -0.392 e. The largest absolute Gasteiger partial charge is 0.392 e. The molecule has 0 spiro atoms. The molecular formula is C13H27NO. The Balaban J connectivity index is 2.04. The lowest BCUT2D eigenvalue weighted by molar-refractivity contribution is 0.143. The molecule has 2 N–H and O–H groups in total. The molecule has 0 aromatic heterocycles. The van der Waals surface area contributed by atoms with Crippen LogP contribution in [0.1, 0.15) is 65.2 Å². The number of hydrogen-bond donors (Lipinski definition) is 2. The van der Waals surface area contributed by atoms with Crippen LogP contribution >= 0.6 is 0 Å². The van der Waals surface area contributed by atoms with Crippen molar-refractivity contribution in [2.75, 3.05) is 0 Å². The minimum atomic E-state index is -0.0944. The lowest BCUT2D eigenvalue weighted by atomic mass is 10.1. The van der Waals surface area contributed by atoms with Crippen molar-refractivity contribution in [3.05, 3.63) is 0 Å². The van der Waals surface area contributed by atoms with Crippen molar-refractivity contribution in [3.8, 4) is 0 Å². The van der Waals surface area contributed by atoms with Gasteiger partial charge in [0.15, 0.2) is 0 Å². The van der Waals surface area contributed by atoms with Crippen molar-refractivity contribution >= 4 is 0 Å². The second kappa shape index (κ2) is 7.24. The van der Waals surface area contributed by atoms with Gasteiger partial charge in [0, 0.05) is 12.1 Å². The van der Waals surface area contributed by atoms with Crippen LogP contribution in [0.2, 0.25) is 0 Å². The molecule has 15 heavy (non-hydrogen) atoms. The average molecular weight is 213 g/mol. The van der Waals surface area contributed by atoms with Crippen LogP contribution in [0.25, 0.3) is 0 Å². The highest BCUT2D eigenvalue weighted by Gasteiger charge is 2.25. The van der Waals surface area contributed by atoms with Crippen molar-refractivity contribution in [2.45, 2.75) is 83.4 Å². The Labute approximate surface area is 94.5 Å². The maximum atomic E-state index is 9.68. The van der Waals surface area contributed by atoms with E-state index in [1.807, 2.05) is 0 Å². The summed E-state index contributed by atoms with van der Waals surface area (Å²) in [4.78, 5) is 0. The van der Waals surface area contributed by atoms with Crippen molar-refractivity contribution < 1.29 is 5.11 Å². The maximum absolute atomic E-state index is 9.68. The summed E-state index contributed by atoms with van der Waals surface area (Å²) in [5, 5.41) is 13.2. The Morgan fingerprint density at radius 1 is 1.27 bits per heavy atom. The van der Waals surface area contributed by atoms with E-state index in [2.05, 4.69) is 19.2 Å². The van der Waals surface area contributed by atoms with Gasteiger partial charge in [-0.15, -0.1) is 0 Å². The van der Waals surface area contributed by atoms with E-state index >= 15 is 0 Å². The monoisotopic (exact) mass is 213 g/mol. The summed E-state index contributed by atoms with van der Waals surface area (Å²) >= 11 is 0. The van der Waals surface area contributed by atoms with Gasteiger partial charge in [0.05, 0.1) is 6.10 Å². The zero-order chi connectivity index (χ0) is 11.1. The Kier molecular flexibility index (Phi) is 6.26. The highest BCUT2D eigenvalue weighted by atomic mass is 16.3. The quantitative estimate of drug-likeness (QED) is 0.637. The first kappa shape index (κ1) is 13.0. The summed E-state index contributed by atoms with van der Waals surface area (Å²) in [6, 6.07) is 0.936. The zero-order valence-electron chi connectivity index (χ0n) is 10.3. The Morgan fingerprint density at radius 2 is 2.07 bits per heavy atom. The van der Waals surface area contributed by atoms with Crippen molar-refractivity contribution in [1.29, 1.82) is 0 Å². The second-order valence-electron chi connectivity index (χ2n) is 5.02. The van der Waals surface area contributed by atoms with Gasteiger partial charge in [0.1, 0.15) is 0 Å². The van der Waals surface area contributed by atoms with E-state index in [1.165, 1.54) is 38.5 Å². The van der Waals surface area contributed by atoms with Crippen LogP contribution in [0.5, 0.6) is 0 Å². The molecule has 3 atom stereocenters. The minimum absolute atomic E-state index is 0.0944. The predicted octanol–water partition coefficient (Wildman–Crippen LogP) is 2.85. The molecule has 0 aromatic carbocycles. The number of aliphatic hydroxyl groups is 1. The molecule has 1 rings (SSSR count). The fourth-order valence-electron chi connectivity index (χ4n) is 2.46. The number of rotatable bonds is 7. The number of nitrogens with one attached hydrogen (secondary N) is 1. The van der Waals surface area contributed by atoms with E-state index in [9.17, 15) is 5.11 Å². The van der Waals surface area contributed by atoms with Crippen molar-refractivity contribution in [2.24, 2.45) is 0 Å². The van der Waals surface area contributed by atoms with Gasteiger partial charge in [-0.2, -0.15) is 0 Å². The molecule has 1 aliphatic carbocycles. The third-order valence-electron chi connectivity index (χ3n) is 3.47. The van der Waals surface area contributed by atoms with E-state index in [0.29, 0.717) is 12.1 Å². The first-order chi connectivity index (χ1) is 7.24. The van der Waals surface area contributed by atoms with Gasteiger partial charge in [0.25, 0.3) is 0 Å². The summed E-state index contributed by atoms with van der Waals surface area (Å²) in [6.45, 7) is 4.49. The van der Waals surface area contributed by atoms with Gasteiger partial charge in [-0.1, -0.05) is 32.6 Å². The van der Waals surface area contributed by atoms with Crippen LogP contribution in [0.3, 0.4) is 0 Å². The SMILES string of the molecule is CCCCCCC(C)N[C@@H]1CCC[C@H]1O. The Morgan fingerprint density at radius 3 is 2.67 bits per heavy atom. The smallest absolute Gasteiger partial charge is 0.0693 e. The van der Waals surface area contributed by atoms with Crippen molar-refractivity contribution in [3.63, 3.8) is 0 Å². The molecule has 1 saturated carbocycles. The first-order valence-electron chi connectivity index (χ1n) is 6.68. The first-order valence-corrected chi connectivity index (χ1v) is 6.68. The molecule has 90 valence electrons. The average Bonchev–Trinajstić information content (AvgIpc) is 2.59. The number of aliphatic hydroxyl groups excluding tert-OH is 1. The van der Waals surface area contributed by atoms with E-state index in [0.717, 1.165) is 12.8 Å². The van der Waals surface area contributed by atoms with Crippen LogP contribution in [0.15, 0.2) is 0 Å². The fourth-order valence-corrected chi connectivity index (χ4v) is 2.46. The van der Waals surface area contributed by atoms with Crippen LogP contribution < -0.4 is 5.32 Å². The molecular weight excluding hydrogens is 186 g/mol. The van der Waals surface area contributed by atoms with Gasteiger partial charge in [-0.3, -0.25) is 0 Å². The van der Waals surface area contributed by atoms with Gasteiger partial charge in [-0.25, -0.2) is 0 Å². The lowest BCUT2D eigenvalue weighted by Gasteiger charge is -2.22.